The number of para-hydroxylation sites is 3. The number of hydrogen-bond acceptors (Lipinski definition) is 0. The van der Waals surface area contributed by atoms with E-state index in [2.05, 4.69) is 288 Å². The van der Waals surface area contributed by atoms with E-state index in [4.69, 9.17) is 0 Å². The van der Waals surface area contributed by atoms with E-state index in [0.717, 1.165) is 22.4 Å². The summed E-state index contributed by atoms with van der Waals surface area (Å²) in [6.07, 6.45) is 0. The molecule has 0 bridgehead atoms. The van der Waals surface area contributed by atoms with Crippen molar-refractivity contribution in [1.82, 2.24) is 9.13 Å². The maximum atomic E-state index is 2.56. The van der Waals surface area contributed by atoms with Gasteiger partial charge < -0.3 is 9.13 Å². The normalized spacial score (nSPS) is 11.8. The van der Waals surface area contributed by atoms with Crippen molar-refractivity contribution in [3.05, 3.63) is 279 Å². The Morgan fingerprint density at radius 3 is 1.28 bits per heavy atom. The van der Waals surface area contributed by atoms with Crippen LogP contribution in [0.2, 0.25) is 0 Å². The van der Waals surface area contributed by atoms with Crippen LogP contribution in [0.1, 0.15) is 0 Å². The summed E-state index contributed by atoms with van der Waals surface area (Å²) in [5.74, 6) is 0. The number of hydrogen-bond donors (Lipinski definition) is 0. The van der Waals surface area contributed by atoms with Crippen LogP contribution in [0, 0.1) is 0 Å². The third kappa shape index (κ3) is 6.47. The van der Waals surface area contributed by atoms with Gasteiger partial charge in [0.25, 0.3) is 0 Å². The lowest BCUT2D eigenvalue weighted by molar-refractivity contribution is 1.17. The molecule has 0 aliphatic heterocycles. The van der Waals surface area contributed by atoms with Gasteiger partial charge in [0, 0.05) is 32.7 Å². The van der Waals surface area contributed by atoms with Gasteiger partial charge in [0.05, 0.1) is 33.4 Å². The van der Waals surface area contributed by atoms with Gasteiger partial charge >= 0.3 is 0 Å². The summed E-state index contributed by atoms with van der Waals surface area (Å²) in [5.41, 5.74) is 14.1. The predicted molar refractivity (Wildman–Crippen MR) is 295 cm³/mol. The molecule has 0 amide bonds. The van der Waals surface area contributed by atoms with Crippen molar-refractivity contribution in [3.8, 4) is 44.8 Å². The molecule has 11 aromatic carbocycles. The first-order chi connectivity index (χ1) is 34.3. The lowest BCUT2D eigenvalue weighted by Crippen LogP contribution is -2.74. The molecule has 13 aromatic rings. The topological polar surface area (TPSA) is 9.86 Å². The first-order valence-corrected chi connectivity index (χ1v) is 25.9. The molecular weight excluding hydrogens is 849 g/mol. The first-order valence-electron chi connectivity index (χ1n) is 23.9. The van der Waals surface area contributed by atoms with Gasteiger partial charge in [-0.05, 0) is 79.4 Å². The second-order valence-corrected chi connectivity index (χ2v) is 21.7. The third-order valence-electron chi connectivity index (χ3n) is 14.3. The molecule has 0 unspecified atom stereocenters. The Morgan fingerprint density at radius 1 is 0.261 bits per heavy atom. The fourth-order valence-electron chi connectivity index (χ4n) is 11.4. The number of aromatic nitrogens is 2. The van der Waals surface area contributed by atoms with Crippen LogP contribution in [0.5, 0.6) is 0 Å². The van der Waals surface area contributed by atoms with E-state index in [-0.39, 0.29) is 0 Å². The average molecular weight is 895 g/mol. The minimum Gasteiger partial charge on any atom is -0.309 e. The lowest BCUT2D eigenvalue weighted by atomic mass is 9.93. The van der Waals surface area contributed by atoms with Gasteiger partial charge in [0.1, 0.15) is 0 Å². The van der Waals surface area contributed by atoms with Crippen LogP contribution in [0.15, 0.2) is 279 Å². The second kappa shape index (κ2) is 16.8. The van der Waals surface area contributed by atoms with Crippen molar-refractivity contribution in [3.63, 3.8) is 0 Å². The third-order valence-corrected chi connectivity index (χ3v) is 19.1. The Bertz CT molecular complexity index is 3890. The smallest absolute Gasteiger partial charge is 0.180 e. The Labute approximate surface area is 403 Å². The van der Waals surface area contributed by atoms with E-state index >= 15 is 0 Å². The van der Waals surface area contributed by atoms with Crippen molar-refractivity contribution in [1.29, 1.82) is 0 Å². The monoisotopic (exact) mass is 894 g/mol. The van der Waals surface area contributed by atoms with Crippen LogP contribution in [-0.4, -0.2) is 17.2 Å². The number of fused-ring (bicyclic) bond motifs is 6. The highest BCUT2D eigenvalue weighted by atomic mass is 28.3. The van der Waals surface area contributed by atoms with Gasteiger partial charge in [0.2, 0.25) is 0 Å². The average Bonchev–Trinajstić information content (AvgIpc) is 3.96. The molecule has 0 saturated carbocycles. The van der Waals surface area contributed by atoms with Crippen molar-refractivity contribution >= 4 is 72.4 Å². The highest BCUT2D eigenvalue weighted by Gasteiger charge is 2.43. The summed E-state index contributed by atoms with van der Waals surface area (Å²) in [7, 11) is -2.93. The minimum atomic E-state index is -2.93. The zero-order valence-electron chi connectivity index (χ0n) is 38.0. The Balaban J connectivity index is 1.13. The van der Waals surface area contributed by atoms with Crippen molar-refractivity contribution in [2.24, 2.45) is 0 Å². The largest absolute Gasteiger partial charge is 0.309 e. The van der Waals surface area contributed by atoms with Crippen molar-refractivity contribution in [2.45, 2.75) is 0 Å². The standard InChI is InChI=1S/C66H46N2Si/c1-6-24-47(25-7-1)49-28-20-29-50(46-49)55-39-21-38-54(48-26-8-2-9-27-48)66(55)68-59-41-19-16-36-56(59)64-60(42-22-43-61(64)68)67-58-40-18-17-37-57(58)65-62(67)44-23-45-63(65)69(51-30-10-3-11-31-51,52-32-12-4-13-33-52)53-34-14-5-15-35-53/h1-46H. The van der Waals surface area contributed by atoms with Gasteiger partial charge in [-0.1, -0.05) is 243 Å². The summed E-state index contributed by atoms with van der Waals surface area (Å²) in [5, 5.41) is 10.4. The summed E-state index contributed by atoms with van der Waals surface area (Å²) in [6, 6.07) is 103. The molecule has 2 nitrogen and oxygen atoms in total. The van der Waals surface area contributed by atoms with Crippen molar-refractivity contribution in [2.75, 3.05) is 0 Å². The molecule has 0 atom stereocenters. The molecule has 13 rings (SSSR count). The maximum Gasteiger partial charge on any atom is 0.180 e. The van der Waals surface area contributed by atoms with Crippen LogP contribution in [0.4, 0.5) is 0 Å². The molecule has 0 N–H and O–H groups in total. The van der Waals surface area contributed by atoms with Gasteiger partial charge in [-0.15, -0.1) is 0 Å². The van der Waals surface area contributed by atoms with E-state index in [0.29, 0.717) is 0 Å². The molecule has 3 heteroatoms. The van der Waals surface area contributed by atoms with Gasteiger partial charge in [0.15, 0.2) is 8.07 Å². The maximum absolute atomic E-state index is 2.93. The van der Waals surface area contributed by atoms with Crippen LogP contribution in [0.25, 0.3) is 88.4 Å². The molecule has 69 heavy (non-hydrogen) atoms. The highest BCUT2D eigenvalue weighted by molar-refractivity contribution is 7.20. The summed E-state index contributed by atoms with van der Waals surface area (Å²) >= 11 is 0. The van der Waals surface area contributed by atoms with E-state index in [1.165, 1.54) is 86.7 Å². The number of benzene rings is 11. The van der Waals surface area contributed by atoms with Crippen LogP contribution in [-0.2, 0) is 0 Å². The SMILES string of the molecule is c1ccc(-c2cccc(-c3cccc(-c4ccccc4)c3-n3c4ccccc4c4c(-n5c6ccccc6c6c([Si](c7ccccc7)(c7ccccc7)c7ccccc7)cccc65)cccc43)c2)cc1. The van der Waals surface area contributed by atoms with Crippen LogP contribution >= 0.6 is 0 Å². The van der Waals surface area contributed by atoms with Crippen molar-refractivity contribution < 1.29 is 0 Å². The van der Waals surface area contributed by atoms with Crippen LogP contribution in [0.3, 0.4) is 0 Å². The number of nitrogens with zero attached hydrogens (tertiary/aromatic N) is 2. The molecule has 324 valence electrons. The summed E-state index contributed by atoms with van der Waals surface area (Å²) in [6.45, 7) is 0. The Kier molecular flexibility index (Phi) is 9.88. The first kappa shape index (κ1) is 40.5. The van der Waals surface area contributed by atoms with E-state index in [9.17, 15) is 0 Å². The summed E-state index contributed by atoms with van der Waals surface area (Å²) in [4.78, 5) is 0. The molecule has 0 fully saturated rings. The Morgan fingerprint density at radius 2 is 0.667 bits per heavy atom. The van der Waals surface area contributed by atoms with E-state index < -0.39 is 8.07 Å². The molecule has 0 saturated heterocycles. The zero-order valence-corrected chi connectivity index (χ0v) is 39.0. The minimum absolute atomic E-state index is 1.15. The summed E-state index contributed by atoms with van der Waals surface area (Å²) < 4.78 is 5.10. The molecule has 0 aliphatic carbocycles. The molecule has 0 spiro atoms. The quantitative estimate of drug-likeness (QED) is 0.101. The van der Waals surface area contributed by atoms with E-state index in [1.807, 2.05) is 0 Å². The molecule has 0 radical (unpaired) electrons. The van der Waals surface area contributed by atoms with Crippen LogP contribution < -0.4 is 20.7 Å². The van der Waals surface area contributed by atoms with Gasteiger partial charge in [-0.25, -0.2) is 0 Å². The van der Waals surface area contributed by atoms with E-state index in [1.54, 1.807) is 0 Å². The predicted octanol–water partition coefficient (Wildman–Crippen LogP) is 14.3. The second-order valence-electron chi connectivity index (χ2n) is 17.9. The highest BCUT2D eigenvalue weighted by Crippen LogP contribution is 2.44. The fourth-order valence-corrected chi connectivity index (χ4v) is 16.4. The van der Waals surface area contributed by atoms with Gasteiger partial charge in [-0.3, -0.25) is 0 Å². The molecule has 2 heterocycles. The zero-order chi connectivity index (χ0) is 45.7. The van der Waals surface area contributed by atoms with Gasteiger partial charge in [-0.2, -0.15) is 0 Å². The molecule has 2 aromatic heterocycles. The molecular formula is C66H46N2Si. The molecule has 0 aliphatic rings. The fraction of sp³-hybridized carbons (Fsp3) is 0. The number of rotatable bonds is 9. The lowest BCUT2D eigenvalue weighted by Gasteiger charge is -2.35. The Hall–Kier alpha value is -8.76.